The van der Waals surface area contributed by atoms with Gasteiger partial charge in [-0.25, -0.2) is 0 Å². The Morgan fingerprint density at radius 2 is 1.70 bits per heavy atom. The third kappa shape index (κ3) is 4.44. The van der Waals surface area contributed by atoms with E-state index in [1.54, 1.807) is 6.07 Å². The van der Waals surface area contributed by atoms with Crippen molar-refractivity contribution in [1.29, 1.82) is 0 Å². The summed E-state index contributed by atoms with van der Waals surface area (Å²) < 4.78 is 0. The lowest BCUT2D eigenvalue weighted by Crippen LogP contribution is -1.91. The van der Waals surface area contributed by atoms with Crippen LogP contribution in [0.5, 0.6) is 11.5 Å². The van der Waals surface area contributed by atoms with Crippen LogP contribution in [0.25, 0.3) is 0 Å². The lowest BCUT2D eigenvalue weighted by molar-refractivity contribution is 0.448. The highest BCUT2D eigenvalue weighted by molar-refractivity contribution is 5.51. The predicted octanol–water partition coefficient (Wildman–Crippen LogP) is 4.95. The minimum absolute atomic E-state index is 0.255. The maximum absolute atomic E-state index is 10.1. The zero-order valence-electron chi connectivity index (χ0n) is 13.2. The summed E-state index contributed by atoms with van der Waals surface area (Å²) in [5, 5.41) is 19.9. The summed E-state index contributed by atoms with van der Waals surface area (Å²) in [6.07, 6.45) is 7.09. The van der Waals surface area contributed by atoms with Crippen molar-refractivity contribution in [1.82, 2.24) is 0 Å². The summed E-state index contributed by atoms with van der Waals surface area (Å²) >= 11 is 0. The number of aromatic hydroxyl groups is 2. The maximum atomic E-state index is 10.1. The molecule has 0 saturated carbocycles. The molecule has 0 fully saturated rings. The average molecular weight is 274 g/mol. The van der Waals surface area contributed by atoms with E-state index in [1.807, 2.05) is 13.8 Å². The molecule has 0 unspecified atom stereocenters. The lowest BCUT2D eigenvalue weighted by Gasteiger charge is -2.10. The molecule has 0 aliphatic rings. The molecule has 0 atom stereocenters. The van der Waals surface area contributed by atoms with Crippen LogP contribution in [0.1, 0.15) is 50.3 Å². The summed E-state index contributed by atoms with van der Waals surface area (Å²) in [6.45, 7) is 9.97. The van der Waals surface area contributed by atoms with Crippen LogP contribution < -0.4 is 0 Å². The molecule has 1 aromatic rings. The molecule has 0 aliphatic heterocycles. The first-order valence-corrected chi connectivity index (χ1v) is 7.13. The van der Waals surface area contributed by atoms with Gasteiger partial charge in [0.15, 0.2) is 0 Å². The lowest BCUT2D eigenvalue weighted by atomic mass is 9.99. The quantitative estimate of drug-likeness (QED) is 0.589. The van der Waals surface area contributed by atoms with Crippen molar-refractivity contribution in [3.05, 3.63) is 46.1 Å². The predicted molar refractivity (Wildman–Crippen MR) is 85.4 cm³/mol. The van der Waals surface area contributed by atoms with E-state index in [4.69, 9.17) is 0 Å². The zero-order valence-corrected chi connectivity index (χ0v) is 13.2. The standard InChI is InChI=1S/C18H26O2/c1-12(2)7-6-8-13(3)9-10-16-11-17(19)14(4)15(5)18(16)20/h7,9,11,19-20H,6,8,10H2,1-5H3/b13-9+. The summed E-state index contributed by atoms with van der Waals surface area (Å²) in [5.74, 6) is 0.555. The van der Waals surface area contributed by atoms with E-state index in [-0.39, 0.29) is 5.75 Å². The Bertz CT molecular complexity index is 533. The van der Waals surface area contributed by atoms with Crippen LogP contribution in [0.3, 0.4) is 0 Å². The Balaban J connectivity index is 2.77. The van der Waals surface area contributed by atoms with Crippen LogP contribution in [0.2, 0.25) is 0 Å². The van der Waals surface area contributed by atoms with Crippen molar-refractivity contribution in [2.45, 2.75) is 53.9 Å². The minimum Gasteiger partial charge on any atom is -0.508 e. The van der Waals surface area contributed by atoms with E-state index >= 15 is 0 Å². The molecule has 20 heavy (non-hydrogen) atoms. The first-order chi connectivity index (χ1) is 9.32. The summed E-state index contributed by atoms with van der Waals surface area (Å²) in [6, 6.07) is 1.66. The van der Waals surface area contributed by atoms with Gasteiger partial charge in [0.1, 0.15) is 11.5 Å². The number of phenolic OH excluding ortho intramolecular Hbond substituents is 2. The Morgan fingerprint density at radius 3 is 2.30 bits per heavy atom. The van der Waals surface area contributed by atoms with Crippen LogP contribution in [0.15, 0.2) is 29.4 Å². The number of hydrogen-bond donors (Lipinski definition) is 2. The molecule has 2 N–H and O–H groups in total. The second-order valence-corrected chi connectivity index (χ2v) is 5.73. The SMILES string of the molecule is CC(C)=CCC/C(C)=C/Cc1cc(O)c(C)c(C)c1O. The molecule has 0 heterocycles. The molecule has 0 aliphatic carbocycles. The van der Waals surface area contributed by atoms with Gasteiger partial charge in [-0.2, -0.15) is 0 Å². The van der Waals surface area contributed by atoms with Gasteiger partial charge in [0.25, 0.3) is 0 Å². The molecular weight excluding hydrogens is 248 g/mol. The number of benzene rings is 1. The second-order valence-electron chi connectivity index (χ2n) is 5.73. The van der Waals surface area contributed by atoms with Gasteiger partial charge in [-0.3, -0.25) is 0 Å². The van der Waals surface area contributed by atoms with Gasteiger partial charge >= 0.3 is 0 Å². The fourth-order valence-corrected chi connectivity index (χ4v) is 2.08. The zero-order chi connectivity index (χ0) is 15.3. The van der Waals surface area contributed by atoms with Gasteiger partial charge in [-0.1, -0.05) is 23.3 Å². The van der Waals surface area contributed by atoms with Gasteiger partial charge in [0.2, 0.25) is 0 Å². The summed E-state index contributed by atoms with van der Waals surface area (Å²) in [5.41, 5.74) is 4.94. The number of rotatable bonds is 5. The van der Waals surface area contributed by atoms with Crippen molar-refractivity contribution in [3.63, 3.8) is 0 Å². The molecule has 2 heteroatoms. The van der Waals surface area contributed by atoms with E-state index < -0.39 is 0 Å². The van der Waals surface area contributed by atoms with E-state index in [0.717, 1.165) is 29.5 Å². The van der Waals surface area contributed by atoms with E-state index in [0.29, 0.717) is 12.2 Å². The maximum Gasteiger partial charge on any atom is 0.122 e. The Kier molecular flexibility index (Phi) is 5.87. The van der Waals surface area contributed by atoms with Gasteiger partial charge in [0, 0.05) is 5.56 Å². The molecule has 110 valence electrons. The summed E-state index contributed by atoms with van der Waals surface area (Å²) in [4.78, 5) is 0. The monoisotopic (exact) mass is 274 g/mol. The van der Waals surface area contributed by atoms with Crippen molar-refractivity contribution in [3.8, 4) is 11.5 Å². The number of phenols is 2. The number of hydrogen-bond acceptors (Lipinski definition) is 2. The van der Waals surface area contributed by atoms with Gasteiger partial charge < -0.3 is 10.2 Å². The fourth-order valence-electron chi connectivity index (χ4n) is 2.08. The molecule has 0 amide bonds. The second kappa shape index (κ2) is 7.18. The molecule has 0 radical (unpaired) electrons. The van der Waals surface area contributed by atoms with Crippen molar-refractivity contribution in [2.75, 3.05) is 0 Å². The first-order valence-electron chi connectivity index (χ1n) is 7.13. The van der Waals surface area contributed by atoms with E-state index in [1.165, 1.54) is 11.1 Å². The largest absolute Gasteiger partial charge is 0.508 e. The highest BCUT2D eigenvalue weighted by Gasteiger charge is 2.10. The van der Waals surface area contributed by atoms with E-state index in [2.05, 4.69) is 32.9 Å². The Morgan fingerprint density at radius 1 is 1.05 bits per heavy atom. The summed E-state index contributed by atoms with van der Waals surface area (Å²) in [7, 11) is 0. The highest BCUT2D eigenvalue weighted by Crippen LogP contribution is 2.32. The number of allylic oxidation sites excluding steroid dienone is 4. The van der Waals surface area contributed by atoms with Gasteiger partial charge in [0.05, 0.1) is 0 Å². The third-order valence-corrected chi connectivity index (χ3v) is 3.68. The molecule has 0 spiro atoms. The molecule has 1 rings (SSSR count). The average Bonchev–Trinajstić information content (AvgIpc) is 2.38. The molecule has 0 bridgehead atoms. The third-order valence-electron chi connectivity index (χ3n) is 3.68. The Labute approximate surface area is 122 Å². The van der Waals surface area contributed by atoms with Crippen LogP contribution in [-0.2, 0) is 6.42 Å². The van der Waals surface area contributed by atoms with Gasteiger partial charge in [-0.05, 0) is 71.1 Å². The molecule has 1 aromatic carbocycles. The van der Waals surface area contributed by atoms with Crippen LogP contribution in [-0.4, -0.2) is 10.2 Å². The molecule has 0 saturated heterocycles. The van der Waals surface area contributed by atoms with Crippen LogP contribution >= 0.6 is 0 Å². The molecule has 0 aromatic heterocycles. The van der Waals surface area contributed by atoms with Crippen molar-refractivity contribution >= 4 is 0 Å². The van der Waals surface area contributed by atoms with Crippen molar-refractivity contribution < 1.29 is 10.2 Å². The van der Waals surface area contributed by atoms with Crippen LogP contribution in [0, 0.1) is 13.8 Å². The van der Waals surface area contributed by atoms with E-state index in [9.17, 15) is 10.2 Å². The fraction of sp³-hybridized carbons (Fsp3) is 0.444. The molecular formula is C18H26O2. The highest BCUT2D eigenvalue weighted by atomic mass is 16.3. The van der Waals surface area contributed by atoms with Gasteiger partial charge in [-0.15, -0.1) is 0 Å². The van der Waals surface area contributed by atoms with Crippen LogP contribution in [0.4, 0.5) is 0 Å². The Hall–Kier alpha value is -1.70. The minimum atomic E-state index is 0.255. The topological polar surface area (TPSA) is 40.5 Å². The molecule has 2 nitrogen and oxygen atoms in total. The smallest absolute Gasteiger partial charge is 0.122 e. The first kappa shape index (κ1) is 16.4. The van der Waals surface area contributed by atoms with Crippen molar-refractivity contribution in [2.24, 2.45) is 0 Å². The normalized spacial score (nSPS) is 11.6.